The first-order valence-electron chi connectivity index (χ1n) is 7.55. The normalized spacial score (nSPS) is 12.8. The fraction of sp³-hybridized carbons (Fsp3) is 0.800. The van der Waals surface area contributed by atoms with Crippen LogP contribution in [0.4, 0.5) is 0 Å². The fourth-order valence-corrected chi connectivity index (χ4v) is 2.21. The third-order valence-corrected chi connectivity index (χ3v) is 3.37. The number of rotatable bonds is 11. The summed E-state index contributed by atoms with van der Waals surface area (Å²) in [4.78, 5) is 4.39. The molecule has 0 amide bonds. The van der Waals surface area contributed by atoms with Crippen LogP contribution in [-0.2, 0) is 18.2 Å². The van der Waals surface area contributed by atoms with Gasteiger partial charge in [0.1, 0.15) is 5.82 Å². The van der Waals surface area contributed by atoms with Crippen LogP contribution in [0.3, 0.4) is 0 Å². The second-order valence-electron chi connectivity index (χ2n) is 4.98. The lowest BCUT2D eigenvalue weighted by molar-refractivity contribution is 0.140. The molecule has 0 saturated heterocycles. The highest BCUT2D eigenvalue weighted by atomic mass is 16.5. The van der Waals surface area contributed by atoms with Crippen molar-refractivity contribution >= 4 is 0 Å². The molecule has 1 aromatic heterocycles. The van der Waals surface area contributed by atoms with Gasteiger partial charge < -0.3 is 14.6 Å². The van der Waals surface area contributed by atoms with Gasteiger partial charge in [-0.1, -0.05) is 6.92 Å². The van der Waals surface area contributed by atoms with Crippen molar-refractivity contribution in [3.63, 3.8) is 0 Å². The summed E-state index contributed by atoms with van der Waals surface area (Å²) in [7, 11) is 2.06. The lowest BCUT2D eigenvalue weighted by Gasteiger charge is -2.18. The molecule has 110 valence electrons. The van der Waals surface area contributed by atoms with Crippen LogP contribution in [0, 0.1) is 0 Å². The molecule has 0 aliphatic carbocycles. The Balaban J connectivity index is 2.29. The number of ether oxygens (including phenoxy) is 1. The maximum atomic E-state index is 5.41. The molecule has 0 aliphatic heterocycles. The summed E-state index contributed by atoms with van der Waals surface area (Å²) in [6, 6.07) is 0.581. The molecule has 0 bridgehead atoms. The Hall–Kier alpha value is -0.870. The van der Waals surface area contributed by atoms with Crippen molar-refractivity contribution in [2.75, 3.05) is 19.8 Å². The summed E-state index contributed by atoms with van der Waals surface area (Å²) in [6.45, 7) is 7.06. The lowest BCUT2D eigenvalue weighted by Crippen LogP contribution is -2.30. The number of nitrogens with zero attached hydrogens (tertiary/aromatic N) is 2. The van der Waals surface area contributed by atoms with Crippen molar-refractivity contribution in [2.24, 2.45) is 7.05 Å². The van der Waals surface area contributed by atoms with Crippen molar-refractivity contribution in [1.82, 2.24) is 14.9 Å². The highest BCUT2D eigenvalue weighted by Crippen LogP contribution is 2.08. The number of imidazole rings is 1. The number of hydrogen-bond acceptors (Lipinski definition) is 3. The molecule has 0 aromatic carbocycles. The third kappa shape index (κ3) is 6.73. The molecule has 0 aliphatic rings. The first-order chi connectivity index (χ1) is 9.27. The van der Waals surface area contributed by atoms with E-state index in [0.717, 1.165) is 39.0 Å². The fourth-order valence-electron chi connectivity index (χ4n) is 2.21. The Labute approximate surface area is 117 Å². The van der Waals surface area contributed by atoms with Gasteiger partial charge >= 0.3 is 0 Å². The topological polar surface area (TPSA) is 39.1 Å². The summed E-state index contributed by atoms with van der Waals surface area (Å²) in [5.74, 6) is 1.17. The first kappa shape index (κ1) is 16.2. The van der Waals surface area contributed by atoms with E-state index in [1.807, 2.05) is 19.3 Å². The number of hydrogen-bond donors (Lipinski definition) is 1. The van der Waals surface area contributed by atoms with E-state index in [2.05, 4.69) is 28.8 Å². The van der Waals surface area contributed by atoms with E-state index in [9.17, 15) is 0 Å². The van der Waals surface area contributed by atoms with Gasteiger partial charge in [0.15, 0.2) is 0 Å². The molecule has 4 heteroatoms. The Kier molecular flexibility index (Phi) is 8.50. The summed E-state index contributed by atoms with van der Waals surface area (Å²) in [5.41, 5.74) is 0. The van der Waals surface area contributed by atoms with Crippen LogP contribution in [0.15, 0.2) is 12.4 Å². The average molecular weight is 267 g/mol. The molecule has 0 saturated carbocycles. The van der Waals surface area contributed by atoms with Crippen molar-refractivity contribution in [3.05, 3.63) is 18.2 Å². The first-order valence-corrected chi connectivity index (χ1v) is 7.55. The van der Waals surface area contributed by atoms with Crippen molar-refractivity contribution in [2.45, 2.75) is 52.0 Å². The van der Waals surface area contributed by atoms with Crippen LogP contribution >= 0.6 is 0 Å². The quantitative estimate of drug-likeness (QED) is 0.626. The zero-order valence-electron chi connectivity index (χ0n) is 12.7. The molecule has 4 nitrogen and oxygen atoms in total. The summed E-state index contributed by atoms with van der Waals surface area (Å²) < 4.78 is 7.52. The van der Waals surface area contributed by atoms with E-state index in [1.165, 1.54) is 18.7 Å². The summed E-state index contributed by atoms with van der Waals surface area (Å²) in [5, 5.41) is 3.64. The van der Waals surface area contributed by atoms with Crippen molar-refractivity contribution in [1.29, 1.82) is 0 Å². The van der Waals surface area contributed by atoms with Gasteiger partial charge in [0, 0.05) is 45.1 Å². The minimum Gasteiger partial charge on any atom is -0.382 e. The van der Waals surface area contributed by atoms with Crippen molar-refractivity contribution < 1.29 is 4.74 Å². The average Bonchev–Trinajstić information content (AvgIpc) is 2.82. The molecule has 19 heavy (non-hydrogen) atoms. The van der Waals surface area contributed by atoms with Crippen LogP contribution < -0.4 is 5.32 Å². The third-order valence-electron chi connectivity index (χ3n) is 3.37. The number of aryl methyl sites for hydroxylation is 2. The van der Waals surface area contributed by atoms with E-state index in [0.29, 0.717) is 6.04 Å². The lowest BCUT2D eigenvalue weighted by atomic mass is 10.1. The van der Waals surface area contributed by atoms with Gasteiger partial charge in [-0.2, -0.15) is 0 Å². The zero-order chi connectivity index (χ0) is 13.9. The Morgan fingerprint density at radius 3 is 2.84 bits per heavy atom. The van der Waals surface area contributed by atoms with E-state index < -0.39 is 0 Å². The van der Waals surface area contributed by atoms with Crippen LogP contribution in [0.1, 0.15) is 45.4 Å². The molecule has 0 spiro atoms. The van der Waals surface area contributed by atoms with Gasteiger partial charge in [0.05, 0.1) is 0 Å². The van der Waals surface area contributed by atoms with Gasteiger partial charge in [-0.15, -0.1) is 0 Å². The largest absolute Gasteiger partial charge is 0.382 e. The second-order valence-corrected chi connectivity index (χ2v) is 4.98. The molecule has 0 fully saturated rings. The summed E-state index contributed by atoms with van der Waals surface area (Å²) >= 11 is 0. The van der Waals surface area contributed by atoms with Gasteiger partial charge in [0.2, 0.25) is 0 Å². The molecule has 1 heterocycles. The molecular weight excluding hydrogens is 238 g/mol. The highest BCUT2D eigenvalue weighted by molar-refractivity contribution is 4.92. The predicted molar refractivity (Wildman–Crippen MR) is 79.3 cm³/mol. The molecule has 0 radical (unpaired) electrons. The van der Waals surface area contributed by atoms with E-state index in [-0.39, 0.29) is 0 Å². The standard InChI is InChI=1S/C15H29N3O/c1-4-10-16-14(7-6-13-19-5-2)8-9-15-17-11-12-18(15)3/h11-12,14,16H,4-10,13H2,1-3H3. The molecule has 1 unspecified atom stereocenters. The highest BCUT2D eigenvalue weighted by Gasteiger charge is 2.09. The van der Waals surface area contributed by atoms with Gasteiger partial charge in [-0.05, 0) is 39.2 Å². The number of nitrogens with one attached hydrogen (secondary N) is 1. The minimum absolute atomic E-state index is 0.581. The van der Waals surface area contributed by atoms with Crippen LogP contribution in [0.25, 0.3) is 0 Å². The van der Waals surface area contributed by atoms with Gasteiger partial charge in [0.25, 0.3) is 0 Å². The van der Waals surface area contributed by atoms with E-state index >= 15 is 0 Å². The molecule has 1 rings (SSSR count). The molecule has 1 atom stereocenters. The second kappa shape index (κ2) is 9.98. The van der Waals surface area contributed by atoms with Crippen molar-refractivity contribution in [3.8, 4) is 0 Å². The number of aromatic nitrogens is 2. The van der Waals surface area contributed by atoms with E-state index in [4.69, 9.17) is 4.74 Å². The predicted octanol–water partition coefficient (Wildman–Crippen LogP) is 2.54. The van der Waals surface area contributed by atoms with Crippen LogP contribution in [0.5, 0.6) is 0 Å². The monoisotopic (exact) mass is 267 g/mol. The Morgan fingerprint density at radius 2 is 2.21 bits per heavy atom. The maximum Gasteiger partial charge on any atom is 0.108 e. The van der Waals surface area contributed by atoms with Crippen LogP contribution in [0.2, 0.25) is 0 Å². The smallest absolute Gasteiger partial charge is 0.108 e. The SMILES string of the molecule is CCCNC(CCCOCC)CCc1nccn1C. The van der Waals surface area contributed by atoms with Gasteiger partial charge in [-0.3, -0.25) is 0 Å². The van der Waals surface area contributed by atoms with Crippen LogP contribution in [-0.4, -0.2) is 35.4 Å². The zero-order valence-corrected chi connectivity index (χ0v) is 12.7. The van der Waals surface area contributed by atoms with E-state index in [1.54, 1.807) is 0 Å². The Morgan fingerprint density at radius 1 is 1.37 bits per heavy atom. The Bertz CT molecular complexity index is 325. The minimum atomic E-state index is 0.581. The molecule has 1 N–H and O–H groups in total. The molecular formula is C15H29N3O. The molecule has 1 aromatic rings. The van der Waals surface area contributed by atoms with Gasteiger partial charge in [-0.25, -0.2) is 4.98 Å². The maximum absolute atomic E-state index is 5.41. The summed E-state index contributed by atoms with van der Waals surface area (Å²) in [6.07, 6.45) is 9.58.